The molecule has 0 amide bonds. The molecule has 1 unspecified atom stereocenters. The number of thioether (sulfide) groups is 1. The lowest BCUT2D eigenvalue weighted by molar-refractivity contribution is 0.686. The third kappa shape index (κ3) is 3.54. The van der Waals surface area contributed by atoms with E-state index in [0.717, 1.165) is 10.8 Å². The maximum Gasteiger partial charge on any atom is 0.130 e. The third-order valence-corrected chi connectivity index (χ3v) is 2.61. The number of rotatable bonds is 5. The van der Waals surface area contributed by atoms with Gasteiger partial charge in [0.05, 0.1) is 0 Å². The first-order valence-corrected chi connectivity index (χ1v) is 6.11. The zero-order valence-corrected chi connectivity index (χ0v) is 9.77. The molecule has 1 atom stereocenters. The van der Waals surface area contributed by atoms with E-state index in [1.807, 2.05) is 12.3 Å². The Bertz CT molecular complexity index is 278. The third-order valence-electron chi connectivity index (χ3n) is 1.97. The van der Waals surface area contributed by atoms with Crippen LogP contribution in [0.25, 0.3) is 0 Å². The van der Waals surface area contributed by atoms with Crippen molar-refractivity contribution in [3.8, 4) is 0 Å². The van der Waals surface area contributed by atoms with E-state index >= 15 is 0 Å². The standard InChI is InChI=1S/C10H17N3S/c1-4-5-8(2)13-9-6-10(14-3)12-7-11-9/h6-8H,4-5H2,1-3H3,(H,11,12,13). The van der Waals surface area contributed by atoms with Gasteiger partial charge in [-0.05, 0) is 19.6 Å². The lowest BCUT2D eigenvalue weighted by Gasteiger charge is -2.13. The van der Waals surface area contributed by atoms with Crippen molar-refractivity contribution in [2.24, 2.45) is 0 Å². The summed E-state index contributed by atoms with van der Waals surface area (Å²) >= 11 is 1.63. The van der Waals surface area contributed by atoms with Crippen LogP contribution in [-0.2, 0) is 0 Å². The molecule has 0 saturated carbocycles. The molecule has 0 fully saturated rings. The number of nitrogens with zero attached hydrogens (tertiary/aromatic N) is 2. The molecule has 14 heavy (non-hydrogen) atoms. The van der Waals surface area contributed by atoms with Crippen LogP contribution in [-0.4, -0.2) is 22.3 Å². The van der Waals surface area contributed by atoms with E-state index in [9.17, 15) is 0 Å². The Morgan fingerprint density at radius 3 is 2.93 bits per heavy atom. The molecule has 0 aliphatic heterocycles. The highest BCUT2D eigenvalue weighted by molar-refractivity contribution is 7.98. The predicted molar refractivity (Wildman–Crippen MR) is 61.8 cm³/mol. The van der Waals surface area contributed by atoms with Crippen molar-refractivity contribution in [3.63, 3.8) is 0 Å². The highest BCUT2D eigenvalue weighted by atomic mass is 32.2. The first kappa shape index (κ1) is 11.3. The van der Waals surface area contributed by atoms with Gasteiger partial charge in [0.25, 0.3) is 0 Å². The van der Waals surface area contributed by atoms with E-state index in [1.54, 1.807) is 18.1 Å². The molecular formula is C10H17N3S. The summed E-state index contributed by atoms with van der Waals surface area (Å²) < 4.78 is 0. The number of aromatic nitrogens is 2. The molecule has 0 spiro atoms. The average molecular weight is 211 g/mol. The van der Waals surface area contributed by atoms with Gasteiger partial charge in [-0.2, -0.15) is 0 Å². The van der Waals surface area contributed by atoms with Crippen LogP contribution in [0.5, 0.6) is 0 Å². The largest absolute Gasteiger partial charge is 0.367 e. The monoisotopic (exact) mass is 211 g/mol. The molecule has 0 aromatic carbocycles. The molecule has 0 aliphatic rings. The van der Waals surface area contributed by atoms with Crippen molar-refractivity contribution in [2.75, 3.05) is 11.6 Å². The van der Waals surface area contributed by atoms with Crippen LogP contribution in [0.1, 0.15) is 26.7 Å². The summed E-state index contributed by atoms with van der Waals surface area (Å²) in [5.74, 6) is 0.922. The van der Waals surface area contributed by atoms with Gasteiger partial charge >= 0.3 is 0 Å². The number of nitrogens with one attached hydrogen (secondary N) is 1. The van der Waals surface area contributed by atoms with Crippen LogP contribution in [0.15, 0.2) is 17.4 Å². The Balaban J connectivity index is 2.57. The molecule has 1 heterocycles. The molecular weight excluding hydrogens is 194 g/mol. The topological polar surface area (TPSA) is 37.8 Å². The van der Waals surface area contributed by atoms with Crippen molar-refractivity contribution in [1.29, 1.82) is 0 Å². The Labute approximate surface area is 89.7 Å². The Morgan fingerprint density at radius 2 is 2.29 bits per heavy atom. The summed E-state index contributed by atoms with van der Waals surface area (Å²) in [6.07, 6.45) is 5.97. The van der Waals surface area contributed by atoms with Crippen molar-refractivity contribution in [3.05, 3.63) is 12.4 Å². The molecule has 1 N–H and O–H groups in total. The van der Waals surface area contributed by atoms with Gasteiger partial charge < -0.3 is 5.32 Å². The van der Waals surface area contributed by atoms with E-state index < -0.39 is 0 Å². The SMILES string of the molecule is CCCC(C)Nc1cc(SC)ncn1. The van der Waals surface area contributed by atoms with Crippen LogP contribution in [0, 0.1) is 0 Å². The van der Waals surface area contributed by atoms with E-state index in [4.69, 9.17) is 0 Å². The van der Waals surface area contributed by atoms with Crippen molar-refractivity contribution in [2.45, 2.75) is 37.8 Å². The molecule has 0 bridgehead atoms. The smallest absolute Gasteiger partial charge is 0.130 e. The van der Waals surface area contributed by atoms with Gasteiger partial charge in [-0.15, -0.1) is 11.8 Å². The molecule has 1 rings (SSSR count). The van der Waals surface area contributed by atoms with Gasteiger partial charge in [0.15, 0.2) is 0 Å². The number of anilines is 1. The molecule has 1 aromatic heterocycles. The van der Waals surface area contributed by atoms with Gasteiger partial charge in [0, 0.05) is 12.1 Å². The Morgan fingerprint density at radius 1 is 1.50 bits per heavy atom. The lowest BCUT2D eigenvalue weighted by Crippen LogP contribution is -2.15. The maximum atomic E-state index is 4.17. The van der Waals surface area contributed by atoms with Gasteiger partial charge in [0.2, 0.25) is 0 Å². The van der Waals surface area contributed by atoms with Gasteiger partial charge in [-0.25, -0.2) is 9.97 Å². The van der Waals surface area contributed by atoms with E-state index in [1.165, 1.54) is 12.8 Å². The van der Waals surface area contributed by atoms with Gasteiger partial charge in [-0.3, -0.25) is 0 Å². The van der Waals surface area contributed by atoms with Crippen LogP contribution in [0.4, 0.5) is 5.82 Å². The molecule has 0 aliphatic carbocycles. The molecule has 4 heteroatoms. The predicted octanol–water partition coefficient (Wildman–Crippen LogP) is 2.80. The quantitative estimate of drug-likeness (QED) is 0.600. The van der Waals surface area contributed by atoms with E-state index in [2.05, 4.69) is 29.1 Å². The minimum absolute atomic E-state index is 0.476. The highest BCUT2D eigenvalue weighted by Crippen LogP contribution is 2.14. The van der Waals surface area contributed by atoms with Crippen LogP contribution in [0.3, 0.4) is 0 Å². The maximum absolute atomic E-state index is 4.17. The summed E-state index contributed by atoms with van der Waals surface area (Å²) in [7, 11) is 0. The summed E-state index contributed by atoms with van der Waals surface area (Å²) in [5.41, 5.74) is 0. The van der Waals surface area contributed by atoms with Crippen molar-refractivity contribution < 1.29 is 0 Å². The summed E-state index contributed by atoms with van der Waals surface area (Å²) in [5, 5.41) is 4.36. The summed E-state index contributed by atoms with van der Waals surface area (Å²) in [6.45, 7) is 4.36. The zero-order chi connectivity index (χ0) is 10.4. The first-order chi connectivity index (χ1) is 6.76. The van der Waals surface area contributed by atoms with Crippen LogP contribution < -0.4 is 5.32 Å². The van der Waals surface area contributed by atoms with Gasteiger partial charge in [0.1, 0.15) is 17.2 Å². The fourth-order valence-corrected chi connectivity index (χ4v) is 1.67. The molecule has 1 aromatic rings. The molecule has 78 valence electrons. The normalized spacial score (nSPS) is 12.5. The second-order valence-corrected chi connectivity index (χ2v) is 4.11. The zero-order valence-electron chi connectivity index (χ0n) is 8.95. The van der Waals surface area contributed by atoms with E-state index in [0.29, 0.717) is 6.04 Å². The Kier molecular flexibility index (Phi) is 4.73. The van der Waals surface area contributed by atoms with Gasteiger partial charge in [-0.1, -0.05) is 13.3 Å². The highest BCUT2D eigenvalue weighted by Gasteiger charge is 2.02. The fraction of sp³-hybridized carbons (Fsp3) is 0.600. The molecule has 3 nitrogen and oxygen atoms in total. The second-order valence-electron chi connectivity index (χ2n) is 3.28. The first-order valence-electron chi connectivity index (χ1n) is 4.88. The minimum Gasteiger partial charge on any atom is -0.367 e. The number of hydrogen-bond acceptors (Lipinski definition) is 4. The lowest BCUT2D eigenvalue weighted by atomic mass is 10.2. The van der Waals surface area contributed by atoms with Crippen molar-refractivity contribution >= 4 is 17.6 Å². The van der Waals surface area contributed by atoms with Crippen LogP contribution in [0.2, 0.25) is 0 Å². The van der Waals surface area contributed by atoms with Crippen molar-refractivity contribution in [1.82, 2.24) is 9.97 Å². The molecule has 0 saturated heterocycles. The average Bonchev–Trinajstić information content (AvgIpc) is 2.18. The summed E-state index contributed by atoms with van der Waals surface area (Å²) in [6, 6.07) is 2.46. The summed E-state index contributed by atoms with van der Waals surface area (Å²) in [4.78, 5) is 8.30. The van der Waals surface area contributed by atoms with E-state index in [-0.39, 0.29) is 0 Å². The second kappa shape index (κ2) is 5.86. The fourth-order valence-electron chi connectivity index (χ4n) is 1.29. The Hall–Kier alpha value is -0.770. The minimum atomic E-state index is 0.476. The van der Waals surface area contributed by atoms with Crippen LogP contribution >= 0.6 is 11.8 Å². The molecule has 0 radical (unpaired) electrons. The number of hydrogen-bond donors (Lipinski definition) is 1.